The zero-order valence-corrected chi connectivity index (χ0v) is 10.4. The molecule has 5 N–H and O–H groups in total. The van der Waals surface area contributed by atoms with Gasteiger partial charge in [-0.3, -0.25) is 5.84 Å². The fraction of sp³-hybridized carbons (Fsp3) is 0.250. The third-order valence-corrected chi connectivity index (χ3v) is 2.79. The highest BCUT2D eigenvalue weighted by atomic mass is 15.2. The maximum atomic E-state index is 5.92. The smallest absolute Gasteiger partial charge is 0.128 e. The number of nitrogens with zero attached hydrogens (tertiary/aromatic N) is 3. The summed E-state index contributed by atoms with van der Waals surface area (Å²) in [6.07, 6.45) is 3.37. The second-order valence-electron chi connectivity index (χ2n) is 4.06. The van der Waals surface area contributed by atoms with Crippen molar-refractivity contribution < 1.29 is 0 Å². The SMILES string of the molecule is Cc1nccc(C(NN)c2c(C)ccnc2N)n1. The first kappa shape index (κ1) is 12.4. The van der Waals surface area contributed by atoms with Crippen LogP contribution in [0.4, 0.5) is 5.82 Å². The number of aromatic nitrogens is 3. The van der Waals surface area contributed by atoms with E-state index in [1.54, 1.807) is 12.4 Å². The van der Waals surface area contributed by atoms with Crippen molar-refractivity contribution in [3.05, 3.63) is 47.2 Å². The van der Waals surface area contributed by atoms with E-state index < -0.39 is 0 Å². The van der Waals surface area contributed by atoms with Crippen LogP contribution >= 0.6 is 0 Å². The van der Waals surface area contributed by atoms with Gasteiger partial charge in [0, 0.05) is 18.0 Å². The van der Waals surface area contributed by atoms with Crippen LogP contribution in [0, 0.1) is 13.8 Å². The molecular weight excluding hydrogens is 228 g/mol. The zero-order chi connectivity index (χ0) is 13.1. The Morgan fingerprint density at radius 2 is 1.89 bits per heavy atom. The van der Waals surface area contributed by atoms with E-state index in [2.05, 4.69) is 20.4 Å². The number of pyridine rings is 1. The van der Waals surface area contributed by atoms with Crippen molar-refractivity contribution in [1.29, 1.82) is 0 Å². The lowest BCUT2D eigenvalue weighted by Crippen LogP contribution is -2.31. The minimum Gasteiger partial charge on any atom is -0.383 e. The van der Waals surface area contributed by atoms with Crippen LogP contribution in [0.2, 0.25) is 0 Å². The van der Waals surface area contributed by atoms with Gasteiger partial charge in [0.2, 0.25) is 0 Å². The largest absolute Gasteiger partial charge is 0.383 e. The van der Waals surface area contributed by atoms with Gasteiger partial charge in [-0.2, -0.15) is 0 Å². The maximum absolute atomic E-state index is 5.92. The Morgan fingerprint density at radius 1 is 1.17 bits per heavy atom. The van der Waals surface area contributed by atoms with Crippen molar-refractivity contribution in [3.63, 3.8) is 0 Å². The molecular formula is C12H16N6. The zero-order valence-electron chi connectivity index (χ0n) is 10.4. The van der Waals surface area contributed by atoms with E-state index in [-0.39, 0.29) is 6.04 Å². The van der Waals surface area contributed by atoms with Gasteiger partial charge in [0.15, 0.2) is 0 Å². The summed E-state index contributed by atoms with van der Waals surface area (Å²) in [5, 5.41) is 0. The summed E-state index contributed by atoms with van der Waals surface area (Å²) in [6, 6.07) is 3.41. The lowest BCUT2D eigenvalue weighted by Gasteiger charge is -2.19. The Hall–Kier alpha value is -2.05. The van der Waals surface area contributed by atoms with Crippen molar-refractivity contribution >= 4 is 5.82 Å². The molecule has 1 atom stereocenters. The fourth-order valence-corrected chi connectivity index (χ4v) is 1.92. The lowest BCUT2D eigenvalue weighted by atomic mass is 10.00. The molecule has 6 nitrogen and oxygen atoms in total. The van der Waals surface area contributed by atoms with Gasteiger partial charge in [-0.15, -0.1) is 0 Å². The number of hydrogen-bond donors (Lipinski definition) is 3. The van der Waals surface area contributed by atoms with Crippen molar-refractivity contribution in [2.45, 2.75) is 19.9 Å². The number of nitrogens with two attached hydrogens (primary N) is 2. The van der Waals surface area contributed by atoms with Crippen LogP contribution in [0.25, 0.3) is 0 Å². The molecule has 2 aromatic rings. The van der Waals surface area contributed by atoms with Gasteiger partial charge in [0.1, 0.15) is 11.6 Å². The molecule has 0 amide bonds. The Bertz CT molecular complexity index is 534. The van der Waals surface area contributed by atoms with Crippen LogP contribution in [-0.2, 0) is 0 Å². The van der Waals surface area contributed by atoms with Gasteiger partial charge in [0.05, 0.1) is 11.7 Å². The molecule has 1 unspecified atom stereocenters. The second-order valence-corrected chi connectivity index (χ2v) is 4.06. The van der Waals surface area contributed by atoms with E-state index in [0.29, 0.717) is 11.6 Å². The average Bonchev–Trinajstić information content (AvgIpc) is 2.34. The van der Waals surface area contributed by atoms with E-state index in [0.717, 1.165) is 16.8 Å². The molecule has 0 spiro atoms. The Morgan fingerprint density at radius 3 is 2.50 bits per heavy atom. The van der Waals surface area contributed by atoms with Crippen LogP contribution in [0.3, 0.4) is 0 Å². The number of rotatable bonds is 3. The normalized spacial score (nSPS) is 12.4. The van der Waals surface area contributed by atoms with Crippen molar-refractivity contribution in [3.8, 4) is 0 Å². The number of anilines is 1. The van der Waals surface area contributed by atoms with Gasteiger partial charge in [-0.1, -0.05) is 0 Å². The molecule has 2 heterocycles. The Kier molecular flexibility index (Phi) is 3.50. The second kappa shape index (κ2) is 5.07. The quantitative estimate of drug-likeness (QED) is 0.540. The van der Waals surface area contributed by atoms with Crippen molar-refractivity contribution in [1.82, 2.24) is 20.4 Å². The minimum atomic E-state index is -0.291. The molecule has 0 bridgehead atoms. The molecule has 0 radical (unpaired) electrons. The number of nitrogens with one attached hydrogen (secondary N) is 1. The predicted octanol–water partition coefficient (Wildman–Crippen LogP) is 0.623. The maximum Gasteiger partial charge on any atom is 0.128 e. The molecule has 6 heteroatoms. The summed E-state index contributed by atoms with van der Waals surface area (Å²) >= 11 is 0. The standard InChI is InChI=1S/C12H16N6/c1-7-3-5-16-12(13)10(7)11(18-14)9-4-6-15-8(2)17-9/h3-6,11,18H,14H2,1-2H3,(H2,13,16). The predicted molar refractivity (Wildman–Crippen MR) is 69.3 cm³/mol. The highest BCUT2D eigenvalue weighted by molar-refractivity contribution is 5.48. The number of aryl methyl sites for hydroxylation is 2. The van der Waals surface area contributed by atoms with E-state index in [1.807, 2.05) is 26.0 Å². The Labute approximate surface area is 105 Å². The van der Waals surface area contributed by atoms with Gasteiger partial charge in [-0.25, -0.2) is 20.4 Å². The Balaban J connectivity index is 2.52. The van der Waals surface area contributed by atoms with Crippen LogP contribution < -0.4 is 17.0 Å². The minimum absolute atomic E-state index is 0.291. The summed E-state index contributed by atoms with van der Waals surface area (Å²) in [5.41, 5.74) is 11.3. The molecule has 2 rings (SSSR count). The molecule has 0 aliphatic carbocycles. The summed E-state index contributed by atoms with van der Waals surface area (Å²) in [6.45, 7) is 3.79. The topological polar surface area (TPSA) is 103 Å². The lowest BCUT2D eigenvalue weighted by molar-refractivity contribution is 0.613. The first-order valence-electron chi connectivity index (χ1n) is 5.60. The third-order valence-electron chi connectivity index (χ3n) is 2.79. The molecule has 0 saturated heterocycles. The van der Waals surface area contributed by atoms with Crippen LogP contribution in [-0.4, -0.2) is 15.0 Å². The van der Waals surface area contributed by atoms with E-state index in [1.165, 1.54) is 0 Å². The summed E-state index contributed by atoms with van der Waals surface area (Å²) in [7, 11) is 0. The van der Waals surface area contributed by atoms with Crippen LogP contribution in [0.1, 0.15) is 28.7 Å². The highest BCUT2D eigenvalue weighted by Gasteiger charge is 2.19. The number of nitrogen functional groups attached to an aromatic ring is 1. The molecule has 0 aliphatic rings. The molecule has 2 aromatic heterocycles. The number of hydrogen-bond acceptors (Lipinski definition) is 6. The van der Waals surface area contributed by atoms with E-state index in [4.69, 9.17) is 11.6 Å². The van der Waals surface area contributed by atoms with Crippen molar-refractivity contribution in [2.75, 3.05) is 5.73 Å². The van der Waals surface area contributed by atoms with Gasteiger partial charge < -0.3 is 5.73 Å². The monoisotopic (exact) mass is 244 g/mol. The summed E-state index contributed by atoms with van der Waals surface area (Å²) in [5.74, 6) is 6.77. The molecule has 0 saturated carbocycles. The molecule has 0 fully saturated rings. The third kappa shape index (κ3) is 2.29. The average molecular weight is 244 g/mol. The molecule has 18 heavy (non-hydrogen) atoms. The first-order chi connectivity index (χ1) is 8.63. The van der Waals surface area contributed by atoms with Gasteiger partial charge >= 0.3 is 0 Å². The number of hydrazine groups is 1. The van der Waals surface area contributed by atoms with Crippen molar-refractivity contribution in [2.24, 2.45) is 5.84 Å². The summed E-state index contributed by atoms with van der Waals surface area (Å²) in [4.78, 5) is 12.5. The van der Waals surface area contributed by atoms with E-state index in [9.17, 15) is 0 Å². The summed E-state index contributed by atoms with van der Waals surface area (Å²) < 4.78 is 0. The van der Waals surface area contributed by atoms with Gasteiger partial charge in [0.25, 0.3) is 0 Å². The molecule has 0 aliphatic heterocycles. The fourth-order valence-electron chi connectivity index (χ4n) is 1.92. The highest BCUT2D eigenvalue weighted by Crippen LogP contribution is 2.26. The van der Waals surface area contributed by atoms with Crippen LogP contribution in [0.15, 0.2) is 24.5 Å². The first-order valence-corrected chi connectivity index (χ1v) is 5.60. The van der Waals surface area contributed by atoms with Crippen LogP contribution in [0.5, 0.6) is 0 Å². The van der Waals surface area contributed by atoms with E-state index >= 15 is 0 Å². The van der Waals surface area contributed by atoms with Gasteiger partial charge in [-0.05, 0) is 31.5 Å². The molecule has 94 valence electrons. The molecule has 0 aromatic carbocycles.